The maximum Gasteiger partial charge on any atom is 0.231 e. The van der Waals surface area contributed by atoms with Crippen molar-refractivity contribution in [3.63, 3.8) is 0 Å². The first-order valence-corrected chi connectivity index (χ1v) is 11.2. The van der Waals surface area contributed by atoms with Gasteiger partial charge in [-0.3, -0.25) is 4.68 Å². The lowest BCUT2D eigenvalue weighted by Crippen LogP contribution is -2.23. The Morgan fingerprint density at radius 3 is 2.76 bits per heavy atom. The number of benzene rings is 1. The Hall–Kier alpha value is -4.13. The topological polar surface area (TPSA) is 116 Å². The molecule has 0 unspecified atom stereocenters. The third kappa shape index (κ3) is 4.12. The van der Waals surface area contributed by atoms with E-state index in [-0.39, 0.29) is 12.0 Å². The number of nitriles is 1. The molecule has 0 spiro atoms. The van der Waals surface area contributed by atoms with Crippen LogP contribution in [0.3, 0.4) is 0 Å². The molecule has 1 aliphatic rings. The van der Waals surface area contributed by atoms with Crippen LogP contribution in [0.25, 0.3) is 22.2 Å². The summed E-state index contributed by atoms with van der Waals surface area (Å²) < 4.78 is 22.2. The number of aromatic nitrogens is 5. The minimum Gasteiger partial charge on any atom is -0.495 e. The third-order valence-corrected chi connectivity index (χ3v) is 6.15. The van der Waals surface area contributed by atoms with Gasteiger partial charge >= 0.3 is 0 Å². The van der Waals surface area contributed by atoms with Gasteiger partial charge in [-0.05, 0) is 18.9 Å². The molecule has 4 aromatic rings. The van der Waals surface area contributed by atoms with Gasteiger partial charge in [0.05, 0.1) is 29.9 Å². The monoisotopic (exact) mass is 460 g/mol. The molecule has 3 aromatic heterocycles. The highest BCUT2D eigenvalue weighted by Crippen LogP contribution is 2.35. The zero-order valence-electron chi connectivity index (χ0n) is 19.0. The smallest absolute Gasteiger partial charge is 0.231 e. The first kappa shape index (κ1) is 21.7. The van der Waals surface area contributed by atoms with Crippen molar-refractivity contribution in [1.82, 2.24) is 24.7 Å². The summed E-state index contributed by atoms with van der Waals surface area (Å²) in [7, 11) is 3.30. The Morgan fingerprint density at radius 1 is 1.24 bits per heavy atom. The molecule has 0 radical (unpaired) electrons. The van der Waals surface area contributed by atoms with E-state index in [4.69, 9.17) is 4.74 Å². The largest absolute Gasteiger partial charge is 0.495 e. The number of anilines is 3. The number of H-pyrrole nitrogens is 1. The molecule has 1 aliphatic carbocycles. The van der Waals surface area contributed by atoms with Crippen LogP contribution in [0.4, 0.5) is 21.8 Å². The van der Waals surface area contributed by atoms with Crippen molar-refractivity contribution >= 4 is 28.5 Å². The molecular weight excluding hydrogens is 435 g/mol. The van der Waals surface area contributed by atoms with E-state index in [0.717, 1.165) is 25.7 Å². The molecule has 0 amide bonds. The van der Waals surface area contributed by atoms with Gasteiger partial charge in [0.25, 0.3) is 0 Å². The maximum absolute atomic E-state index is 15.0. The molecule has 1 fully saturated rings. The molecule has 3 N–H and O–H groups in total. The van der Waals surface area contributed by atoms with Crippen LogP contribution in [-0.4, -0.2) is 37.9 Å². The van der Waals surface area contributed by atoms with Crippen LogP contribution in [0.2, 0.25) is 0 Å². The van der Waals surface area contributed by atoms with Crippen LogP contribution >= 0.6 is 0 Å². The predicted octanol–water partition coefficient (Wildman–Crippen LogP) is 4.87. The Balaban J connectivity index is 1.52. The Labute approximate surface area is 196 Å². The molecular formula is C24H25FN8O. The number of hydrogen-bond donors (Lipinski definition) is 3. The van der Waals surface area contributed by atoms with Gasteiger partial charge in [0, 0.05) is 42.7 Å². The molecule has 5 rings (SSSR count). The molecule has 1 aromatic carbocycles. The highest BCUT2D eigenvalue weighted by Gasteiger charge is 2.20. The summed E-state index contributed by atoms with van der Waals surface area (Å²) in [5.74, 6) is 0.868. The van der Waals surface area contributed by atoms with Gasteiger partial charge in [-0.1, -0.05) is 19.3 Å². The minimum absolute atomic E-state index is 0.268. The number of nitrogens with one attached hydrogen (secondary N) is 3. The third-order valence-electron chi connectivity index (χ3n) is 6.15. The summed E-state index contributed by atoms with van der Waals surface area (Å²) in [5, 5.41) is 20.9. The number of fused-ring (bicyclic) bond motifs is 1. The Morgan fingerprint density at radius 2 is 2.06 bits per heavy atom. The molecule has 34 heavy (non-hydrogen) atoms. The molecule has 174 valence electrons. The second-order valence-corrected chi connectivity index (χ2v) is 8.47. The highest BCUT2D eigenvalue weighted by molar-refractivity contribution is 5.94. The van der Waals surface area contributed by atoms with E-state index >= 15 is 4.39 Å². The lowest BCUT2D eigenvalue weighted by Gasteiger charge is -2.24. The van der Waals surface area contributed by atoms with Gasteiger partial charge < -0.3 is 20.4 Å². The van der Waals surface area contributed by atoms with Crippen LogP contribution in [0.15, 0.2) is 30.7 Å². The van der Waals surface area contributed by atoms with Crippen molar-refractivity contribution in [2.24, 2.45) is 7.05 Å². The highest BCUT2D eigenvalue weighted by atomic mass is 19.1. The number of methoxy groups -OCH3 is 1. The van der Waals surface area contributed by atoms with Crippen LogP contribution in [0.5, 0.6) is 5.75 Å². The SMILES string of the molecule is COc1cc(-c2cnn(C)c2)c(F)cc1Nc1nc(NC2CCCCC2)c2c(C#N)c[nH]c2n1. The first-order chi connectivity index (χ1) is 16.6. The van der Waals surface area contributed by atoms with E-state index in [1.54, 1.807) is 36.4 Å². The zero-order chi connectivity index (χ0) is 23.7. The van der Waals surface area contributed by atoms with Gasteiger partial charge in [0.1, 0.15) is 29.1 Å². The van der Waals surface area contributed by atoms with E-state index in [1.807, 2.05) is 0 Å². The normalized spacial score (nSPS) is 14.2. The second kappa shape index (κ2) is 9.02. The second-order valence-electron chi connectivity index (χ2n) is 8.47. The number of nitrogens with zero attached hydrogens (tertiary/aromatic N) is 5. The number of rotatable bonds is 6. The number of ether oxygens (including phenoxy) is 1. The Bertz CT molecular complexity index is 1380. The van der Waals surface area contributed by atoms with Gasteiger partial charge in [-0.2, -0.15) is 20.3 Å². The van der Waals surface area contributed by atoms with E-state index in [0.29, 0.717) is 45.0 Å². The Kier molecular flexibility index (Phi) is 5.76. The molecule has 0 saturated heterocycles. The van der Waals surface area contributed by atoms with E-state index in [2.05, 4.69) is 36.8 Å². The molecule has 0 atom stereocenters. The fourth-order valence-electron chi connectivity index (χ4n) is 4.44. The minimum atomic E-state index is -0.426. The van der Waals surface area contributed by atoms with Crippen LogP contribution in [0, 0.1) is 17.1 Å². The first-order valence-electron chi connectivity index (χ1n) is 11.2. The van der Waals surface area contributed by atoms with Crippen LogP contribution in [-0.2, 0) is 7.05 Å². The summed E-state index contributed by atoms with van der Waals surface area (Å²) in [6, 6.07) is 5.46. The fourth-order valence-corrected chi connectivity index (χ4v) is 4.44. The van der Waals surface area contributed by atoms with E-state index < -0.39 is 5.82 Å². The maximum atomic E-state index is 15.0. The van der Waals surface area contributed by atoms with Crippen molar-refractivity contribution in [3.05, 3.63) is 42.1 Å². The standard InChI is InChI=1S/C24H25FN8O/c1-33-13-15(12-28-33)17-8-20(34-2)19(9-18(17)25)30-24-31-22-21(14(10-26)11-27-22)23(32-24)29-16-6-4-3-5-7-16/h8-9,11-13,16H,3-7H2,1-2H3,(H3,27,29,30,31,32). The van der Waals surface area contributed by atoms with Crippen LogP contribution in [0.1, 0.15) is 37.7 Å². The van der Waals surface area contributed by atoms with Crippen molar-refractivity contribution in [3.8, 4) is 22.9 Å². The summed E-state index contributed by atoms with van der Waals surface area (Å²) >= 11 is 0. The average molecular weight is 461 g/mol. The van der Waals surface area contributed by atoms with Crippen LogP contribution < -0.4 is 15.4 Å². The van der Waals surface area contributed by atoms with Crippen molar-refractivity contribution in [1.29, 1.82) is 5.26 Å². The quantitative estimate of drug-likeness (QED) is 0.376. The molecule has 9 nitrogen and oxygen atoms in total. The van der Waals surface area contributed by atoms with E-state index in [9.17, 15) is 5.26 Å². The zero-order valence-corrected chi connectivity index (χ0v) is 19.0. The summed E-state index contributed by atoms with van der Waals surface area (Å²) in [4.78, 5) is 12.2. The van der Waals surface area contributed by atoms with Crippen molar-refractivity contribution in [2.75, 3.05) is 17.7 Å². The van der Waals surface area contributed by atoms with Gasteiger partial charge in [0.2, 0.25) is 5.95 Å². The number of hydrogen-bond acceptors (Lipinski definition) is 7. The number of aromatic amines is 1. The summed E-state index contributed by atoms with van der Waals surface area (Å²) in [5.41, 5.74) is 2.43. The lowest BCUT2D eigenvalue weighted by atomic mass is 9.95. The summed E-state index contributed by atoms with van der Waals surface area (Å²) in [6.45, 7) is 0. The van der Waals surface area contributed by atoms with Gasteiger partial charge in [-0.25, -0.2) is 4.39 Å². The van der Waals surface area contributed by atoms with Crippen molar-refractivity contribution in [2.45, 2.75) is 38.1 Å². The molecule has 1 saturated carbocycles. The van der Waals surface area contributed by atoms with Gasteiger partial charge in [0.15, 0.2) is 0 Å². The molecule has 10 heteroatoms. The fraction of sp³-hybridized carbons (Fsp3) is 0.333. The van der Waals surface area contributed by atoms with E-state index in [1.165, 1.54) is 19.6 Å². The summed E-state index contributed by atoms with van der Waals surface area (Å²) in [6.07, 6.45) is 10.6. The molecule has 0 aliphatic heterocycles. The molecule has 3 heterocycles. The molecule has 0 bridgehead atoms. The predicted molar refractivity (Wildman–Crippen MR) is 128 cm³/mol. The lowest BCUT2D eigenvalue weighted by molar-refractivity contribution is 0.416. The number of aryl methyl sites for hydroxylation is 1. The number of halogens is 1. The average Bonchev–Trinajstić information content (AvgIpc) is 3.46. The van der Waals surface area contributed by atoms with Gasteiger partial charge in [-0.15, -0.1) is 0 Å². The van der Waals surface area contributed by atoms with Crippen molar-refractivity contribution < 1.29 is 9.13 Å².